The highest BCUT2D eigenvalue weighted by Gasteiger charge is 2.07. The summed E-state index contributed by atoms with van der Waals surface area (Å²) in [5.41, 5.74) is 0.942. The maximum Gasteiger partial charge on any atom is 0.219 e. The van der Waals surface area contributed by atoms with E-state index in [4.69, 9.17) is 27.9 Å². The first-order valence-electron chi connectivity index (χ1n) is 6.36. The minimum absolute atomic E-state index is 0.382. The van der Waals surface area contributed by atoms with Crippen molar-refractivity contribution in [2.45, 2.75) is 26.4 Å². The van der Waals surface area contributed by atoms with Crippen molar-refractivity contribution >= 4 is 23.2 Å². The summed E-state index contributed by atoms with van der Waals surface area (Å²) in [6, 6.07) is 9.48. The van der Waals surface area contributed by atoms with Gasteiger partial charge in [0.25, 0.3) is 0 Å². The van der Waals surface area contributed by atoms with Crippen LogP contribution in [-0.2, 0) is 6.54 Å². The Labute approximate surface area is 128 Å². The van der Waals surface area contributed by atoms with Crippen LogP contribution in [0.25, 0.3) is 0 Å². The Balaban J connectivity index is 2.17. The van der Waals surface area contributed by atoms with Gasteiger partial charge in [-0.05, 0) is 17.7 Å². The standard InChI is InChI=1S/C15H16Cl2N2O/c1-10(2)18-8-11-7-15(19-9-13(11)17)20-14-6-4-3-5-12(14)16/h3-7,9-10,18H,8H2,1-2H3. The van der Waals surface area contributed by atoms with Crippen LogP contribution < -0.4 is 10.1 Å². The average Bonchev–Trinajstić information content (AvgIpc) is 2.42. The van der Waals surface area contributed by atoms with Gasteiger partial charge in [-0.2, -0.15) is 0 Å². The highest BCUT2D eigenvalue weighted by Crippen LogP contribution is 2.29. The van der Waals surface area contributed by atoms with Crippen molar-refractivity contribution in [3.63, 3.8) is 0 Å². The van der Waals surface area contributed by atoms with Crippen molar-refractivity contribution in [2.75, 3.05) is 0 Å². The minimum atomic E-state index is 0.382. The van der Waals surface area contributed by atoms with Gasteiger partial charge < -0.3 is 10.1 Å². The van der Waals surface area contributed by atoms with Gasteiger partial charge in [0.1, 0.15) is 5.75 Å². The Kier molecular flexibility index (Phi) is 5.24. The Hall–Kier alpha value is -1.29. The molecule has 0 saturated heterocycles. The van der Waals surface area contributed by atoms with Crippen LogP contribution in [0.5, 0.6) is 11.6 Å². The molecule has 1 aromatic heterocycles. The quantitative estimate of drug-likeness (QED) is 0.870. The number of hydrogen-bond donors (Lipinski definition) is 1. The predicted molar refractivity (Wildman–Crippen MR) is 82.7 cm³/mol. The molecule has 0 saturated carbocycles. The second-order valence-electron chi connectivity index (χ2n) is 4.68. The summed E-state index contributed by atoms with van der Waals surface area (Å²) in [7, 11) is 0. The van der Waals surface area contributed by atoms with Crippen LogP contribution in [0.2, 0.25) is 10.0 Å². The number of benzene rings is 1. The lowest BCUT2D eigenvalue weighted by atomic mass is 10.2. The first kappa shape index (κ1) is 15.1. The van der Waals surface area contributed by atoms with Crippen LogP contribution >= 0.6 is 23.2 Å². The van der Waals surface area contributed by atoms with Crippen molar-refractivity contribution in [2.24, 2.45) is 0 Å². The molecule has 0 aliphatic rings. The van der Waals surface area contributed by atoms with Crippen LogP contribution in [0.15, 0.2) is 36.5 Å². The second-order valence-corrected chi connectivity index (χ2v) is 5.50. The van der Waals surface area contributed by atoms with E-state index < -0.39 is 0 Å². The third-order valence-electron chi connectivity index (χ3n) is 2.66. The van der Waals surface area contributed by atoms with E-state index in [1.54, 1.807) is 18.3 Å². The van der Waals surface area contributed by atoms with Crippen molar-refractivity contribution in [1.82, 2.24) is 10.3 Å². The van der Waals surface area contributed by atoms with Gasteiger partial charge in [-0.3, -0.25) is 0 Å². The normalized spacial score (nSPS) is 10.8. The third kappa shape index (κ3) is 4.10. The van der Waals surface area contributed by atoms with Gasteiger partial charge >= 0.3 is 0 Å². The zero-order valence-corrected chi connectivity index (χ0v) is 12.9. The molecule has 0 amide bonds. The van der Waals surface area contributed by atoms with Gasteiger partial charge in [-0.15, -0.1) is 0 Å². The van der Waals surface area contributed by atoms with Crippen molar-refractivity contribution < 1.29 is 4.74 Å². The number of pyridine rings is 1. The molecule has 20 heavy (non-hydrogen) atoms. The van der Waals surface area contributed by atoms with E-state index in [-0.39, 0.29) is 0 Å². The molecule has 2 aromatic rings. The van der Waals surface area contributed by atoms with E-state index in [0.717, 1.165) is 5.56 Å². The summed E-state index contributed by atoms with van der Waals surface area (Å²) >= 11 is 12.2. The summed E-state index contributed by atoms with van der Waals surface area (Å²) in [6.45, 7) is 4.82. The van der Waals surface area contributed by atoms with Crippen LogP contribution in [0.3, 0.4) is 0 Å². The fraction of sp³-hybridized carbons (Fsp3) is 0.267. The number of aromatic nitrogens is 1. The van der Waals surface area contributed by atoms with Crippen LogP contribution in [0.1, 0.15) is 19.4 Å². The van der Waals surface area contributed by atoms with Gasteiger partial charge in [0.05, 0.1) is 10.0 Å². The van der Waals surface area contributed by atoms with Gasteiger partial charge in [0, 0.05) is 24.8 Å². The Morgan fingerprint density at radius 2 is 1.95 bits per heavy atom. The van der Waals surface area contributed by atoms with Gasteiger partial charge in [-0.25, -0.2) is 4.98 Å². The lowest BCUT2D eigenvalue weighted by Gasteiger charge is -2.11. The molecule has 1 heterocycles. The minimum Gasteiger partial charge on any atom is -0.437 e. The highest BCUT2D eigenvalue weighted by molar-refractivity contribution is 6.32. The summed E-state index contributed by atoms with van der Waals surface area (Å²) in [5, 5.41) is 4.47. The molecule has 1 aromatic carbocycles. The maximum atomic E-state index is 6.13. The second kappa shape index (κ2) is 6.93. The van der Waals surface area contributed by atoms with Gasteiger partial charge in [0.15, 0.2) is 0 Å². The number of rotatable bonds is 5. The van der Waals surface area contributed by atoms with E-state index in [0.29, 0.717) is 34.3 Å². The maximum absolute atomic E-state index is 6.13. The van der Waals surface area contributed by atoms with Crippen molar-refractivity contribution in [1.29, 1.82) is 0 Å². The third-order valence-corrected chi connectivity index (χ3v) is 3.31. The molecule has 0 unspecified atom stereocenters. The average molecular weight is 311 g/mol. The molecule has 2 rings (SSSR count). The monoisotopic (exact) mass is 310 g/mol. The SMILES string of the molecule is CC(C)NCc1cc(Oc2ccccc2Cl)ncc1Cl. The number of nitrogens with zero attached hydrogens (tertiary/aromatic N) is 1. The van der Waals surface area contributed by atoms with Crippen molar-refractivity contribution in [3.8, 4) is 11.6 Å². The topological polar surface area (TPSA) is 34.1 Å². The Morgan fingerprint density at radius 1 is 1.20 bits per heavy atom. The molecule has 0 atom stereocenters. The lowest BCUT2D eigenvalue weighted by molar-refractivity contribution is 0.461. The summed E-state index contributed by atoms with van der Waals surface area (Å²) in [5.74, 6) is 1.05. The predicted octanol–water partition coefficient (Wildman–Crippen LogP) is 4.68. The molecule has 1 N–H and O–H groups in total. The molecule has 5 heteroatoms. The number of ether oxygens (including phenoxy) is 1. The summed E-state index contributed by atoms with van der Waals surface area (Å²) in [4.78, 5) is 4.16. The Bertz CT molecular complexity index is 588. The molecular formula is C15H16Cl2N2O. The van der Waals surface area contributed by atoms with Crippen molar-refractivity contribution in [3.05, 3.63) is 52.1 Å². The van der Waals surface area contributed by atoms with Gasteiger partial charge in [-0.1, -0.05) is 49.2 Å². The van der Waals surface area contributed by atoms with Crippen LogP contribution in [0, 0.1) is 0 Å². The van der Waals surface area contributed by atoms with E-state index in [1.165, 1.54) is 0 Å². The van der Waals surface area contributed by atoms with Crippen LogP contribution in [-0.4, -0.2) is 11.0 Å². The molecule has 0 spiro atoms. The number of para-hydroxylation sites is 1. The van der Waals surface area contributed by atoms with E-state index >= 15 is 0 Å². The van der Waals surface area contributed by atoms with E-state index in [2.05, 4.69) is 24.1 Å². The molecule has 0 aliphatic heterocycles. The molecule has 3 nitrogen and oxygen atoms in total. The van der Waals surface area contributed by atoms with Crippen LogP contribution in [0.4, 0.5) is 0 Å². The van der Waals surface area contributed by atoms with E-state index in [9.17, 15) is 0 Å². The lowest BCUT2D eigenvalue weighted by Crippen LogP contribution is -2.22. The molecule has 0 radical (unpaired) electrons. The first-order chi connectivity index (χ1) is 9.56. The van der Waals surface area contributed by atoms with E-state index in [1.807, 2.05) is 18.2 Å². The fourth-order valence-corrected chi connectivity index (χ4v) is 1.95. The summed E-state index contributed by atoms with van der Waals surface area (Å²) < 4.78 is 5.68. The number of nitrogens with one attached hydrogen (secondary N) is 1. The molecular weight excluding hydrogens is 295 g/mol. The molecule has 106 valence electrons. The smallest absolute Gasteiger partial charge is 0.219 e. The Morgan fingerprint density at radius 3 is 2.65 bits per heavy atom. The summed E-state index contributed by atoms with van der Waals surface area (Å²) in [6.07, 6.45) is 1.59. The zero-order chi connectivity index (χ0) is 14.5. The fourth-order valence-electron chi connectivity index (χ4n) is 1.60. The number of halogens is 2. The number of hydrogen-bond acceptors (Lipinski definition) is 3. The zero-order valence-electron chi connectivity index (χ0n) is 11.4. The highest BCUT2D eigenvalue weighted by atomic mass is 35.5. The molecule has 0 fully saturated rings. The first-order valence-corrected chi connectivity index (χ1v) is 7.12. The molecule has 0 bridgehead atoms. The van der Waals surface area contributed by atoms with Gasteiger partial charge in [0.2, 0.25) is 5.88 Å². The molecule has 0 aliphatic carbocycles. The largest absolute Gasteiger partial charge is 0.437 e.